The van der Waals surface area contributed by atoms with Gasteiger partial charge in [-0.3, -0.25) is 0 Å². The van der Waals surface area contributed by atoms with Crippen molar-refractivity contribution in [2.45, 2.75) is 71.8 Å². The molecule has 2 nitrogen and oxygen atoms in total. The first-order valence-electron chi connectivity index (χ1n) is 8.77. The van der Waals surface area contributed by atoms with Crippen LogP contribution in [-0.4, -0.2) is 13.2 Å². The van der Waals surface area contributed by atoms with Crippen molar-refractivity contribution in [3.05, 3.63) is 29.8 Å². The van der Waals surface area contributed by atoms with Gasteiger partial charge in [0.25, 0.3) is 0 Å². The summed E-state index contributed by atoms with van der Waals surface area (Å²) in [6.07, 6.45) is 8.62. The molecule has 0 fully saturated rings. The fraction of sp³-hybridized carbons (Fsp3) is 0.684. The van der Waals surface area contributed by atoms with Gasteiger partial charge >= 0.3 is 0 Å². The van der Waals surface area contributed by atoms with E-state index in [4.69, 9.17) is 4.74 Å². The molecule has 0 aliphatic carbocycles. The number of unbranched alkanes of at least 4 members (excludes halogenated alkanes) is 3. The molecule has 0 saturated carbocycles. The van der Waals surface area contributed by atoms with E-state index in [1.54, 1.807) is 0 Å². The average Bonchev–Trinajstić information content (AvgIpc) is 2.52. The fourth-order valence-corrected chi connectivity index (χ4v) is 2.43. The average molecular weight is 291 g/mol. The van der Waals surface area contributed by atoms with E-state index >= 15 is 0 Å². The first-order chi connectivity index (χ1) is 10.3. The quantitative estimate of drug-likeness (QED) is 0.514. The molecule has 0 aliphatic rings. The third kappa shape index (κ3) is 7.52. The van der Waals surface area contributed by atoms with Gasteiger partial charge in [0.2, 0.25) is 0 Å². The van der Waals surface area contributed by atoms with E-state index in [1.807, 2.05) is 0 Å². The number of hydrogen-bond acceptors (Lipinski definition) is 2. The normalized spacial score (nSPS) is 12.3. The number of ether oxygens (including phenoxy) is 1. The van der Waals surface area contributed by atoms with E-state index in [9.17, 15) is 0 Å². The molecule has 0 amide bonds. The van der Waals surface area contributed by atoms with Crippen molar-refractivity contribution in [3.63, 3.8) is 0 Å². The van der Waals surface area contributed by atoms with Crippen LogP contribution in [0, 0.1) is 0 Å². The maximum atomic E-state index is 5.74. The Kier molecular flexibility index (Phi) is 9.98. The smallest absolute Gasteiger partial charge is 0.119 e. The topological polar surface area (TPSA) is 21.3 Å². The third-order valence-corrected chi connectivity index (χ3v) is 3.79. The standard InChI is InChI=1S/C19H33NO/c1-4-7-9-10-19(20-15-6-3)17-11-13-18(14-12-17)21-16-8-5-2/h11-14,19-20H,4-10,15-16H2,1-3H3. The zero-order chi connectivity index (χ0) is 15.3. The lowest BCUT2D eigenvalue weighted by atomic mass is 10.00. The van der Waals surface area contributed by atoms with Crippen LogP contribution in [0.1, 0.15) is 77.3 Å². The van der Waals surface area contributed by atoms with Crippen molar-refractivity contribution >= 4 is 0 Å². The van der Waals surface area contributed by atoms with E-state index < -0.39 is 0 Å². The van der Waals surface area contributed by atoms with Gasteiger partial charge in [0.1, 0.15) is 5.75 Å². The summed E-state index contributed by atoms with van der Waals surface area (Å²) in [5, 5.41) is 3.68. The van der Waals surface area contributed by atoms with Gasteiger partial charge in [-0.05, 0) is 43.5 Å². The molecule has 21 heavy (non-hydrogen) atoms. The summed E-state index contributed by atoms with van der Waals surface area (Å²) in [6, 6.07) is 9.17. The van der Waals surface area contributed by atoms with Gasteiger partial charge in [0.15, 0.2) is 0 Å². The van der Waals surface area contributed by atoms with Gasteiger partial charge in [0.05, 0.1) is 6.61 Å². The minimum absolute atomic E-state index is 0.487. The Morgan fingerprint density at radius 3 is 2.24 bits per heavy atom. The van der Waals surface area contributed by atoms with Crippen LogP contribution in [0.25, 0.3) is 0 Å². The Labute approximate surface area is 131 Å². The summed E-state index contributed by atoms with van der Waals surface area (Å²) in [7, 11) is 0. The molecule has 1 aromatic rings. The van der Waals surface area contributed by atoms with Crippen LogP contribution in [-0.2, 0) is 0 Å². The van der Waals surface area contributed by atoms with Crippen LogP contribution in [0.2, 0.25) is 0 Å². The fourth-order valence-electron chi connectivity index (χ4n) is 2.43. The molecule has 0 spiro atoms. The van der Waals surface area contributed by atoms with Gasteiger partial charge in [-0.1, -0.05) is 58.6 Å². The zero-order valence-corrected chi connectivity index (χ0v) is 14.2. The monoisotopic (exact) mass is 291 g/mol. The second kappa shape index (κ2) is 11.6. The molecule has 0 aromatic heterocycles. The predicted octanol–water partition coefficient (Wildman–Crippen LogP) is 5.49. The van der Waals surface area contributed by atoms with E-state index in [1.165, 1.54) is 44.1 Å². The van der Waals surface area contributed by atoms with Gasteiger partial charge in [-0.15, -0.1) is 0 Å². The highest BCUT2D eigenvalue weighted by atomic mass is 16.5. The molecule has 1 unspecified atom stereocenters. The minimum atomic E-state index is 0.487. The summed E-state index contributed by atoms with van der Waals surface area (Å²) in [5.41, 5.74) is 1.39. The number of nitrogens with one attached hydrogen (secondary N) is 1. The lowest BCUT2D eigenvalue weighted by Gasteiger charge is -2.19. The Morgan fingerprint density at radius 1 is 0.905 bits per heavy atom. The largest absolute Gasteiger partial charge is 0.494 e. The van der Waals surface area contributed by atoms with Gasteiger partial charge in [0, 0.05) is 6.04 Å². The molecule has 1 rings (SSSR count). The Hall–Kier alpha value is -1.02. The van der Waals surface area contributed by atoms with Crippen molar-refractivity contribution in [2.24, 2.45) is 0 Å². The molecule has 1 N–H and O–H groups in total. The van der Waals surface area contributed by atoms with Crippen LogP contribution >= 0.6 is 0 Å². The first kappa shape index (κ1) is 18.0. The van der Waals surface area contributed by atoms with Crippen LogP contribution in [0.5, 0.6) is 5.75 Å². The van der Waals surface area contributed by atoms with Crippen LogP contribution < -0.4 is 10.1 Å². The molecule has 120 valence electrons. The summed E-state index contributed by atoms with van der Waals surface area (Å²) in [4.78, 5) is 0. The van der Waals surface area contributed by atoms with Crippen LogP contribution in [0.15, 0.2) is 24.3 Å². The van der Waals surface area contributed by atoms with Crippen molar-refractivity contribution in [3.8, 4) is 5.75 Å². The first-order valence-corrected chi connectivity index (χ1v) is 8.77. The predicted molar refractivity (Wildman–Crippen MR) is 92.0 cm³/mol. The summed E-state index contributed by atoms with van der Waals surface area (Å²) < 4.78 is 5.74. The van der Waals surface area contributed by atoms with Crippen LogP contribution in [0.4, 0.5) is 0 Å². The maximum Gasteiger partial charge on any atom is 0.119 e. The Morgan fingerprint density at radius 2 is 1.62 bits per heavy atom. The van der Waals surface area contributed by atoms with Crippen molar-refractivity contribution in [2.75, 3.05) is 13.2 Å². The van der Waals surface area contributed by atoms with Gasteiger partial charge < -0.3 is 10.1 Å². The van der Waals surface area contributed by atoms with Crippen molar-refractivity contribution in [1.82, 2.24) is 5.32 Å². The SMILES string of the molecule is CCCCCC(NCCC)c1ccc(OCCCC)cc1. The summed E-state index contributed by atoms with van der Waals surface area (Å²) in [6.45, 7) is 8.58. The highest BCUT2D eigenvalue weighted by Gasteiger charge is 2.10. The summed E-state index contributed by atoms with van der Waals surface area (Å²) >= 11 is 0. The van der Waals surface area contributed by atoms with Gasteiger partial charge in [-0.2, -0.15) is 0 Å². The molecule has 0 bridgehead atoms. The Balaban J connectivity index is 2.55. The van der Waals surface area contributed by atoms with E-state index in [2.05, 4.69) is 50.4 Å². The molecule has 1 aromatic carbocycles. The highest BCUT2D eigenvalue weighted by Crippen LogP contribution is 2.22. The zero-order valence-electron chi connectivity index (χ0n) is 14.2. The number of benzene rings is 1. The van der Waals surface area contributed by atoms with Crippen molar-refractivity contribution < 1.29 is 4.74 Å². The molecule has 2 heteroatoms. The molecule has 0 aliphatic heterocycles. The van der Waals surface area contributed by atoms with Gasteiger partial charge in [-0.25, -0.2) is 0 Å². The molecule has 1 atom stereocenters. The highest BCUT2D eigenvalue weighted by molar-refractivity contribution is 5.29. The minimum Gasteiger partial charge on any atom is -0.494 e. The maximum absolute atomic E-state index is 5.74. The third-order valence-electron chi connectivity index (χ3n) is 3.79. The number of hydrogen-bond donors (Lipinski definition) is 1. The molecular weight excluding hydrogens is 258 g/mol. The molecule has 0 radical (unpaired) electrons. The second-order valence-electron chi connectivity index (χ2n) is 5.77. The van der Waals surface area contributed by atoms with E-state index in [0.717, 1.165) is 25.3 Å². The molecule has 0 saturated heterocycles. The molecule has 0 heterocycles. The van der Waals surface area contributed by atoms with Crippen molar-refractivity contribution in [1.29, 1.82) is 0 Å². The second-order valence-corrected chi connectivity index (χ2v) is 5.77. The molecular formula is C19H33NO. The number of rotatable bonds is 12. The Bertz CT molecular complexity index is 347. The van der Waals surface area contributed by atoms with Crippen LogP contribution in [0.3, 0.4) is 0 Å². The lowest BCUT2D eigenvalue weighted by Crippen LogP contribution is -2.22. The van der Waals surface area contributed by atoms with E-state index in [-0.39, 0.29) is 0 Å². The summed E-state index contributed by atoms with van der Waals surface area (Å²) in [5.74, 6) is 0.995. The van der Waals surface area contributed by atoms with E-state index in [0.29, 0.717) is 6.04 Å². The lowest BCUT2D eigenvalue weighted by molar-refractivity contribution is 0.309.